The third-order valence-corrected chi connectivity index (χ3v) is 4.79. The van der Waals surface area contributed by atoms with Gasteiger partial charge in [-0.05, 0) is 55.3 Å². The number of nitrogens with zero attached hydrogens (tertiary/aromatic N) is 1. The molecule has 0 saturated carbocycles. The highest BCUT2D eigenvalue weighted by Gasteiger charge is 2.27. The Morgan fingerprint density at radius 1 is 1.29 bits per heavy atom. The van der Waals surface area contributed by atoms with E-state index in [1.165, 1.54) is 5.56 Å². The number of carbonyl (C=O) groups is 1. The van der Waals surface area contributed by atoms with Crippen molar-refractivity contribution < 1.29 is 9.53 Å². The Morgan fingerprint density at radius 2 is 2.12 bits per heavy atom. The van der Waals surface area contributed by atoms with E-state index < -0.39 is 0 Å². The van der Waals surface area contributed by atoms with Gasteiger partial charge in [0, 0.05) is 16.2 Å². The fourth-order valence-electron chi connectivity index (χ4n) is 3.19. The van der Waals surface area contributed by atoms with Crippen LogP contribution in [0.5, 0.6) is 5.75 Å². The molecule has 5 heteroatoms. The normalized spacial score (nSPS) is 17.7. The number of benzene rings is 2. The monoisotopic (exact) mass is 388 g/mol. The number of rotatable bonds is 5. The Balaban J connectivity index is 1.66. The molecule has 4 nitrogen and oxygen atoms in total. The van der Waals surface area contributed by atoms with Crippen molar-refractivity contribution in [2.45, 2.75) is 18.9 Å². The first-order valence-electron chi connectivity index (χ1n) is 8.09. The molecule has 1 aliphatic heterocycles. The quantitative estimate of drug-likeness (QED) is 0.832. The molecule has 1 amide bonds. The van der Waals surface area contributed by atoms with E-state index in [1.807, 2.05) is 36.4 Å². The fraction of sp³-hybridized carbons (Fsp3) is 0.316. The summed E-state index contributed by atoms with van der Waals surface area (Å²) in [6.07, 6.45) is 2.17. The first-order valence-corrected chi connectivity index (χ1v) is 8.88. The standard InChI is InChI=1S/C19H21BrN2O2/c1-24-17-8-2-5-14(11-17)18-9-4-10-22(18)13-19(23)21-16-7-3-6-15(20)12-16/h2-3,5-8,11-12,18H,4,9-10,13H2,1H3,(H,21,23)/t18-/m1/s1. The number of carbonyl (C=O) groups excluding carboxylic acids is 1. The van der Waals surface area contributed by atoms with Crippen molar-refractivity contribution in [2.75, 3.05) is 25.5 Å². The summed E-state index contributed by atoms with van der Waals surface area (Å²) < 4.78 is 6.27. The van der Waals surface area contributed by atoms with E-state index in [9.17, 15) is 4.79 Å². The van der Waals surface area contributed by atoms with Crippen LogP contribution in [-0.4, -0.2) is 31.0 Å². The summed E-state index contributed by atoms with van der Waals surface area (Å²) in [6.45, 7) is 1.34. The van der Waals surface area contributed by atoms with E-state index >= 15 is 0 Å². The molecule has 0 aliphatic carbocycles. The molecule has 1 aliphatic rings. The van der Waals surface area contributed by atoms with Crippen LogP contribution < -0.4 is 10.1 Å². The number of amides is 1. The summed E-state index contributed by atoms with van der Waals surface area (Å²) in [5.41, 5.74) is 2.02. The number of likely N-dealkylation sites (tertiary alicyclic amines) is 1. The van der Waals surface area contributed by atoms with Gasteiger partial charge in [0.25, 0.3) is 0 Å². The van der Waals surface area contributed by atoms with Crippen LogP contribution in [0.4, 0.5) is 5.69 Å². The van der Waals surface area contributed by atoms with E-state index in [2.05, 4.69) is 38.3 Å². The number of hydrogen-bond donors (Lipinski definition) is 1. The van der Waals surface area contributed by atoms with E-state index in [0.29, 0.717) is 6.54 Å². The van der Waals surface area contributed by atoms with Crippen LogP contribution in [0.3, 0.4) is 0 Å². The van der Waals surface area contributed by atoms with E-state index in [-0.39, 0.29) is 11.9 Å². The van der Waals surface area contributed by atoms with E-state index in [1.54, 1.807) is 7.11 Å². The Labute approximate surface area is 150 Å². The molecule has 3 rings (SSSR count). The zero-order valence-electron chi connectivity index (χ0n) is 13.7. The van der Waals surface area contributed by atoms with Gasteiger partial charge in [0.1, 0.15) is 5.75 Å². The summed E-state index contributed by atoms with van der Waals surface area (Å²) >= 11 is 3.42. The van der Waals surface area contributed by atoms with Gasteiger partial charge in [-0.1, -0.05) is 34.1 Å². The van der Waals surface area contributed by atoms with Crippen LogP contribution in [0.1, 0.15) is 24.4 Å². The predicted octanol–water partition coefficient (Wildman–Crippen LogP) is 4.23. The maximum absolute atomic E-state index is 12.4. The molecule has 1 atom stereocenters. The SMILES string of the molecule is COc1cccc([C@H]2CCCN2CC(=O)Nc2cccc(Br)c2)c1. The lowest BCUT2D eigenvalue weighted by Gasteiger charge is -2.24. The van der Waals surface area contributed by atoms with Gasteiger partial charge in [-0.2, -0.15) is 0 Å². The second-order valence-electron chi connectivity index (χ2n) is 5.96. The highest BCUT2D eigenvalue weighted by Crippen LogP contribution is 2.33. The molecule has 0 aromatic heterocycles. The van der Waals surface area contributed by atoms with Gasteiger partial charge < -0.3 is 10.1 Å². The zero-order valence-corrected chi connectivity index (χ0v) is 15.3. The van der Waals surface area contributed by atoms with Crippen molar-refractivity contribution in [1.82, 2.24) is 4.90 Å². The van der Waals surface area contributed by atoms with Gasteiger partial charge in [-0.25, -0.2) is 0 Å². The number of methoxy groups -OCH3 is 1. The van der Waals surface area contributed by atoms with Gasteiger partial charge in [0.05, 0.1) is 13.7 Å². The van der Waals surface area contributed by atoms with Crippen LogP contribution in [0, 0.1) is 0 Å². The molecule has 0 radical (unpaired) electrons. The summed E-state index contributed by atoms with van der Waals surface area (Å²) in [7, 11) is 1.68. The van der Waals surface area contributed by atoms with Crippen LogP contribution >= 0.6 is 15.9 Å². The average Bonchev–Trinajstić information content (AvgIpc) is 3.03. The second kappa shape index (κ2) is 7.81. The van der Waals surface area contributed by atoms with Crippen molar-refractivity contribution in [2.24, 2.45) is 0 Å². The molecule has 24 heavy (non-hydrogen) atoms. The van der Waals surface area contributed by atoms with E-state index in [4.69, 9.17) is 4.74 Å². The molecule has 1 N–H and O–H groups in total. The van der Waals surface area contributed by atoms with E-state index in [0.717, 1.165) is 35.3 Å². The third-order valence-electron chi connectivity index (χ3n) is 4.30. The minimum absolute atomic E-state index is 0.0166. The summed E-state index contributed by atoms with van der Waals surface area (Å²) in [5.74, 6) is 0.876. The van der Waals surface area contributed by atoms with Crippen LogP contribution in [0.15, 0.2) is 53.0 Å². The molecular formula is C19H21BrN2O2. The molecule has 1 heterocycles. The minimum atomic E-state index is 0.0166. The Morgan fingerprint density at radius 3 is 2.92 bits per heavy atom. The van der Waals surface area contributed by atoms with Crippen molar-refractivity contribution in [3.8, 4) is 5.75 Å². The molecule has 0 unspecified atom stereocenters. The Hall–Kier alpha value is -1.85. The lowest BCUT2D eigenvalue weighted by Crippen LogP contribution is -2.32. The van der Waals surface area contributed by atoms with Crippen LogP contribution in [0.25, 0.3) is 0 Å². The first-order chi connectivity index (χ1) is 11.7. The van der Waals surface area contributed by atoms with Gasteiger partial charge in [0.2, 0.25) is 5.91 Å². The predicted molar refractivity (Wildman–Crippen MR) is 99.3 cm³/mol. The number of ether oxygens (including phenoxy) is 1. The first kappa shape index (κ1) is 17.0. The molecule has 126 valence electrons. The van der Waals surface area contributed by atoms with Gasteiger partial charge in [-0.15, -0.1) is 0 Å². The number of hydrogen-bond acceptors (Lipinski definition) is 3. The molecule has 1 fully saturated rings. The highest BCUT2D eigenvalue weighted by molar-refractivity contribution is 9.10. The Bertz CT molecular complexity index is 720. The van der Waals surface area contributed by atoms with Crippen molar-refractivity contribution in [3.63, 3.8) is 0 Å². The van der Waals surface area contributed by atoms with Crippen LogP contribution in [0.2, 0.25) is 0 Å². The van der Waals surface area contributed by atoms with Crippen molar-refractivity contribution in [3.05, 3.63) is 58.6 Å². The fourth-order valence-corrected chi connectivity index (χ4v) is 3.59. The maximum atomic E-state index is 12.4. The maximum Gasteiger partial charge on any atom is 0.238 e. The number of nitrogens with one attached hydrogen (secondary N) is 1. The highest BCUT2D eigenvalue weighted by atomic mass is 79.9. The minimum Gasteiger partial charge on any atom is -0.497 e. The number of anilines is 1. The van der Waals surface area contributed by atoms with Crippen molar-refractivity contribution >= 4 is 27.5 Å². The largest absolute Gasteiger partial charge is 0.497 e. The third kappa shape index (κ3) is 4.16. The molecule has 0 spiro atoms. The summed E-state index contributed by atoms with van der Waals surface area (Å²) in [6, 6.07) is 16.0. The molecule has 1 saturated heterocycles. The van der Waals surface area contributed by atoms with Gasteiger partial charge in [-0.3, -0.25) is 9.69 Å². The average molecular weight is 389 g/mol. The topological polar surface area (TPSA) is 41.6 Å². The molecular weight excluding hydrogens is 368 g/mol. The van der Waals surface area contributed by atoms with Crippen LogP contribution in [-0.2, 0) is 4.79 Å². The summed E-state index contributed by atoms with van der Waals surface area (Å²) in [4.78, 5) is 14.6. The molecule has 2 aromatic rings. The molecule has 2 aromatic carbocycles. The smallest absolute Gasteiger partial charge is 0.238 e. The van der Waals surface area contributed by atoms with Crippen molar-refractivity contribution in [1.29, 1.82) is 0 Å². The molecule has 0 bridgehead atoms. The van der Waals surface area contributed by atoms with Gasteiger partial charge >= 0.3 is 0 Å². The zero-order chi connectivity index (χ0) is 16.9. The summed E-state index contributed by atoms with van der Waals surface area (Å²) in [5, 5.41) is 2.97. The second-order valence-corrected chi connectivity index (χ2v) is 6.88. The number of halogens is 1. The van der Waals surface area contributed by atoms with Gasteiger partial charge in [0.15, 0.2) is 0 Å². The lowest BCUT2D eigenvalue weighted by molar-refractivity contribution is -0.117. The lowest BCUT2D eigenvalue weighted by atomic mass is 10.0. The Kier molecular flexibility index (Phi) is 5.53.